The number of aromatic nitrogens is 1. The van der Waals surface area contributed by atoms with Crippen molar-refractivity contribution in [3.63, 3.8) is 0 Å². The van der Waals surface area contributed by atoms with Crippen LogP contribution in [0.4, 0.5) is 0 Å². The molecule has 0 aliphatic carbocycles. The zero-order valence-electron chi connectivity index (χ0n) is 19.6. The van der Waals surface area contributed by atoms with Crippen molar-refractivity contribution in [2.45, 2.75) is 45.8 Å². The van der Waals surface area contributed by atoms with Crippen LogP contribution in [-0.2, 0) is 9.31 Å². The second-order valence-electron chi connectivity index (χ2n) is 9.19. The number of rotatable bonds is 5. The second kappa shape index (κ2) is 8.53. The Labute approximate surface area is 191 Å². The van der Waals surface area contributed by atoms with Crippen LogP contribution in [-0.4, -0.2) is 23.3 Å². The highest BCUT2D eigenvalue weighted by Crippen LogP contribution is 2.37. The molecular weight excluding hydrogens is 393 g/mol. The Bertz CT molecular complexity index is 1190. The van der Waals surface area contributed by atoms with E-state index < -0.39 is 0 Å². The summed E-state index contributed by atoms with van der Waals surface area (Å²) in [5.41, 5.74) is 5.27. The molecule has 3 aromatic rings. The third-order valence-electron chi connectivity index (χ3n) is 6.39. The number of hydrogen-bond donors (Lipinski definition) is 0. The number of benzene rings is 2. The summed E-state index contributed by atoms with van der Waals surface area (Å²) in [7, 11) is -0.365. The Kier molecular flexibility index (Phi) is 5.94. The molecule has 1 aliphatic rings. The highest BCUT2D eigenvalue weighted by atomic mass is 16.7. The van der Waals surface area contributed by atoms with Crippen molar-refractivity contribution >= 4 is 29.1 Å². The quantitative estimate of drug-likeness (QED) is 0.354. The first-order valence-corrected chi connectivity index (χ1v) is 11.1. The molecule has 32 heavy (non-hydrogen) atoms. The Morgan fingerprint density at radius 1 is 0.938 bits per heavy atom. The van der Waals surface area contributed by atoms with Gasteiger partial charge in [-0.2, -0.15) is 0 Å². The lowest BCUT2D eigenvalue weighted by Gasteiger charge is -2.32. The van der Waals surface area contributed by atoms with Gasteiger partial charge in [0, 0.05) is 5.39 Å². The van der Waals surface area contributed by atoms with E-state index in [4.69, 9.17) is 14.3 Å². The molecule has 1 fully saturated rings. The first kappa shape index (κ1) is 22.3. The number of nitrogens with zero attached hydrogens (tertiary/aromatic N) is 1. The van der Waals surface area contributed by atoms with Crippen LogP contribution in [0.1, 0.15) is 40.3 Å². The summed E-state index contributed by atoms with van der Waals surface area (Å²) in [6.07, 6.45) is 7.95. The van der Waals surface area contributed by atoms with Gasteiger partial charge in [0.1, 0.15) is 0 Å². The van der Waals surface area contributed by atoms with Crippen LogP contribution < -0.4 is 5.46 Å². The fourth-order valence-electron chi connectivity index (χ4n) is 3.75. The van der Waals surface area contributed by atoms with Gasteiger partial charge in [0.05, 0.1) is 22.4 Å². The van der Waals surface area contributed by atoms with Crippen LogP contribution in [0.3, 0.4) is 0 Å². The molecule has 1 aromatic heterocycles. The van der Waals surface area contributed by atoms with E-state index in [1.54, 1.807) is 0 Å². The maximum atomic E-state index is 6.21. The van der Waals surface area contributed by atoms with Gasteiger partial charge in [0.25, 0.3) is 0 Å². The maximum Gasteiger partial charge on any atom is 0.494 e. The Hall–Kier alpha value is -2.95. The number of para-hydroxylation sites is 1. The molecule has 0 saturated carbocycles. The van der Waals surface area contributed by atoms with Gasteiger partial charge in [-0.3, -0.25) is 0 Å². The molecule has 0 N–H and O–H groups in total. The normalized spacial score (nSPS) is 17.6. The molecule has 162 valence electrons. The monoisotopic (exact) mass is 423 g/mol. The lowest BCUT2D eigenvalue weighted by atomic mass is 9.78. The summed E-state index contributed by atoms with van der Waals surface area (Å²) in [4.78, 5) is 4.84. The smallest absolute Gasteiger partial charge is 0.399 e. The van der Waals surface area contributed by atoms with E-state index >= 15 is 0 Å². The van der Waals surface area contributed by atoms with Gasteiger partial charge in [-0.15, -0.1) is 0 Å². The predicted octanol–water partition coefficient (Wildman–Crippen LogP) is 6.35. The summed E-state index contributed by atoms with van der Waals surface area (Å²) < 4.78 is 12.4. The van der Waals surface area contributed by atoms with Gasteiger partial charge in [-0.05, 0) is 68.9 Å². The highest BCUT2D eigenvalue weighted by molar-refractivity contribution is 6.62. The van der Waals surface area contributed by atoms with Crippen molar-refractivity contribution in [2.75, 3.05) is 0 Å². The molecular formula is C28H30BNO2. The zero-order chi connectivity index (χ0) is 22.9. The third-order valence-corrected chi connectivity index (χ3v) is 6.39. The fourth-order valence-corrected chi connectivity index (χ4v) is 3.75. The molecule has 4 heteroatoms. The van der Waals surface area contributed by atoms with Crippen LogP contribution in [0.25, 0.3) is 27.6 Å². The summed E-state index contributed by atoms with van der Waals surface area (Å²) in [6, 6.07) is 18.8. The van der Waals surface area contributed by atoms with Crippen LogP contribution in [0.15, 0.2) is 85.5 Å². The Morgan fingerprint density at radius 2 is 1.59 bits per heavy atom. The molecule has 1 saturated heterocycles. The minimum Gasteiger partial charge on any atom is -0.399 e. The largest absolute Gasteiger partial charge is 0.494 e. The molecule has 2 heterocycles. The predicted molar refractivity (Wildman–Crippen MR) is 136 cm³/mol. The first-order valence-electron chi connectivity index (χ1n) is 11.1. The molecule has 4 rings (SSSR count). The standard InChI is InChI=1S/C28H30BNO2/c1-7-8-9-12-20(2)26-19-24(23-13-10-11-14-25(23)30-26)21-15-17-22(18-16-21)29-31-27(3,4)28(5,6)32-29/h7-19H,2H2,1,3-6H3/b8-7-,12-9-. The molecule has 0 amide bonds. The topological polar surface area (TPSA) is 31.4 Å². The minimum atomic E-state index is -0.365. The van der Waals surface area contributed by atoms with Crippen molar-refractivity contribution < 1.29 is 9.31 Å². The zero-order valence-corrected chi connectivity index (χ0v) is 19.6. The van der Waals surface area contributed by atoms with E-state index in [1.807, 2.05) is 49.4 Å². The molecule has 0 unspecified atom stereocenters. The second-order valence-corrected chi connectivity index (χ2v) is 9.19. The van der Waals surface area contributed by atoms with Gasteiger partial charge in [0.2, 0.25) is 0 Å². The first-order chi connectivity index (χ1) is 15.2. The van der Waals surface area contributed by atoms with Crippen LogP contribution >= 0.6 is 0 Å². The summed E-state index contributed by atoms with van der Waals surface area (Å²) in [5, 5.41) is 1.12. The molecule has 3 nitrogen and oxygen atoms in total. The number of pyridine rings is 1. The maximum absolute atomic E-state index is 6.21. The summed E-state index contributed by atoms with van der Waals surface area (Å²) >= 11 is 0. The van der Waals surface area contributed by atoms with Crippen LogP contribution in [0.5, 0.6) is 0 Å². The lowest BCUT2D eigenvalue weighted by Crippen LogP contribution is -2.41. The highest BCUT2D eigenvalue weighted by Gasteiger charge is 2.51. The molecule has 0 spiro atoms. The molecule has 0 bridgehead atoms. The van der Waals surface area contributed by atoms with Crippen molar-refractivity contribution in [1.29, 1.82) is 0 Å². The molecule has 0 radical (unpaired) electrons. The van der Waals surface area contributed by atoms with Crippen molar-refractivity contribution in [3.05, 3.63) is 91.2 Å². The average molecular weight is 423 g/mol. The Balaban J connectivity index is 1.71. The number of allylic oxidation sites excluding steroid dienone is 5. The molecule has 1 aliphatic heterocycles. The summed E-state index contributed by atoms with van der Waals surface area (Å²) in [6.45, 7) is 14.5. The van der Waals surface area contributed by atoms with E-state index in [1.165, 1.54) is 0 Å². The number of fused-ring (bicyclic) bond motifs is 1. The van der Waals surface area contributed by atoms with Gasteiger partial charge >= 0.3 is 7.12 Å². The number of hydrogen-bond acceptors (Lipinski definition) is 3. The Morgan fingerprint density at radius 3 is 2.25 bits per heavy atom. The molecule has 2 aromatic carbocycles. The van der Waals surface area contributed by atoms with Crippen molar-refractivity contribution in [3.8, 4) is 11.1 Å². The minimum absolute atomic E-state index is 0.354. The van der Waals surface area contributed by atoms with Crippen LogP contribution in [0.2, 0.25) is 0 Å². The molecule has 0 atom stereocenters. The van der Waals surface area contributed by atoms with E-state index in [-0.39, 0.29) is 18.3 Å². The van der Waals surface area contributed by atoms with Crippen LogP contribution in [0, 0.1) is 0 Å². The van der Waals surface area contributed by atoms with E-state index in [0.717, 1.165) is 38.8 Å². The third kappa shape index (κ3) is 4.21. The summed E-state index contributed by atoms with van der Waals surface area (Å²) in [5.74, 6) is 0. The lowest BCUT2D eigenvalue weighted by molar-refractivity contribution is 0.00578. The van der Waals surface area contributed by atoms with Gasteiger partial charge < -0.3 is 9.31 Å². The van der Waals surface area contributed by atoms with Gasteiger partial charge in [0.15, 0.2) is 0 Å². The fraction of sp³-hybridized carbons (Fsp3) is 0.250. The van der Waals surface area contributed by atoms with Crippen molar-refractivity contribution in [1.82, 2.24) is 4.98 Å². The van der Waals surface area contributed by atoms with E-state index in [2.05, 4.69) is 70.7 Å². The van der Waals surface area contributed by atoms with Crippen molar-refractivity contribution in [2.24, 2.45) is 0 Å². The van der Waals surface area contributed by atoms with E-state index in [9.17, 15) is 0 Å². The van der Waals surface area contributed by atoms with Gasteiger partial charge in [-0.1, -0.05) is 73.3 Å². The van der Waals surface area contributed by atoms with E-state index in [0.29, 0.717) is 0 Å². The average Bonchev–Trinajstić information content (AvgIpc) is 3.00. The SMILES string of the molecule is C=C(/C=C\C=C/C)c1cc(-c2ccc(B3OC(C)(C)C(C)(C)O3)cc2)c2ccccc2n1. The van der Waals surface area contributed by atoms with Gasteiger partial charge in [-0.25, -0.2) is 4.98 Å².